The van der Waals surface area contributed by atoms with Crippen molar-refractivity contribution in [2.75, 3.05) is 20.1 Å². The highest BCUT2D eigenvalue weighted by atomic mass is 32.1. The molecule has 1 aliphatic rings. The van der Waals surface area contributed by atoms with Gasteiger partial charge in [0.1, 0.15) is 0 Å². The lowest BCUT2D eigenvalue weighted by molar-refractivity contribution is 0.152. The molecule has 0 bridgehead atoms. The molecule has 0 aromatic carbocycles. The summed E-state index contributed by atoms with van der Waals surface area (Å²) in [4.78, 5) is 4.03. The topological polar surface area (TPSA) is 29.3 Å². The molecule has 1 saturated carbocycles. The standard InChI is InChI=1S/C14H24N2S/c1-14(2,9-15)10-16(3)13(11-6-7-11)12-5-4-8-17-12/h4-5,8,11,13H,6-7,9-10,15H2,1-3H3. The van der Waals surface area contributed by atoms with E-state index in [-0.39, 0.29) is 5.41 Å². The minimum atomic E-state index is 0.207. The zero-order chi connectivity index (χ0) is 12.5. The van der Waals surface area contributed by atoms with Gasteiger partial charge >= 0.3 is 0 Å². The third kappa shape index (κ3) is 3.30. The lowest BCUT2D eigenvalue weighted by Gasteiger charge is -2.34. The Balaban J connectivity index is 2.06. The highest BCUT2D eigenvalue weighted by Gasteiger charge is 2.36. The Kier molecular flexibility index (Phi) is 3.91. The summed E-state index contributed by atoms with van der Waals surface area (Å²) in [5.74, 6) is 0.868. The molecule has 1 atom stereocenters. The van der Waals surface area contributed by atoms with Crippen molar-refractivity contribution < 1.29 is 0 Å². The highest BCUT2D eigenvalue weighted by molar-refractivity contribution is 7.10. The molecule has 2 nitrogen and oxygen atoms in total. The van der Waals surface area contributed by atoms with Gasteiger partial charge in [0, 0.05) is 17.5 Å². The van der Waals surface area contributed by atoms with Gasteiger partial charge in [-0.25, -0.2) is 0 Å². The van der Waals surface area contributed by atoms with E-state index >= 15 is 0 Å². The molecule has 96 valence electrons. The molecule has 3 heteroatoms. The fourth-order valence-electron chi connectivity index (χ4n) is 2.52. The highest BCUT2D eigenvalue weighted by Crippen LogP contribution is 2.45. The molecule has 0 radical (unpaired) electrons. The maximum absolute atomic E-state index is 5.84. The van der Waals surface area contributed by atoms with Crippen LogP contribution in [0.25, 0.3) is 0 Å². The summed E-state index contributed by atoms with van der Waals surface area (Å²) in [5.41, 5.74) is 6.05. The van der Waals surface area contributed by atoms with E-state index in [9.17, 15) is 0 Å². The van der Waals surface area contributed by atoms with E-state index in [4.69, 9.17) is 5.73 Å². The summed E-state index contributed by atoms with van der Waals surface area (Å²) in [5, 5.41) is 2.19. The van der Waals surface area contributed by atoms with Crippen molar-refractivity contribution in [3.63, 3.8) is 0 Å². The lowest BCUT2D eigenvalue weighted by Crippen LogP contribution is -2.39. The molecular weight excluding hydrogens is 228 g/mol. The first-order valence-corrected chi connectivity index (χ1v) is 7.35. The van der Waals surface area contributed by atoms with Gasteiger partial charge in [0.25, 0.3) is 0 Å². The number of nitrogens with zero attached hydrogens (tertiary/aromatic N) is 1. The Bertz CT molecular complexity index is 341. The minimum absolute atomic E-state index is 0.207. The van der Waals surface area contributed by atoms with E-state index in [1.54, 1.807) is 0 Å². The molecule has 0 amide bonds. The maximum atomic E-state index is 5.84. The first kappa shape index (κ1) is 13.1. The van der Waals surface area contributed by atoms with Gasteiger partial charge in [-0.05, 0) is 49.2 Å². The minimum Gasteiger partial charge on any atom is -0.330 e. The van der Waals surface area contributed by atoms with E-state index in [0.717, 1.165) is 19.0 Å². The summed E-state index contributed by atoms with van der Waals surface area (Å²) < 4.78 is 0. The van der Waals surface area contributed by atoms with E-state index in [0.29, 0.717) is 6.04 Å². The molecule has 1 aromatic rings. The fourth-order valence-corrected chi connectivity index (χ4v) is 3.50. The largest absolute Gasteiger partial charge is 0.330 e. The van der Waals surface area contributed by atoms with Crippen LogP contribution < -0.4 is 5.73 Å². The van der Waals surface area contributed by atoms with E-state index in [1.807, 2.05) is 11.3 Å². The molecule has 1 aromatic heterocycles. The van der Waals surface area contributed by atoms with Crippen LogP contribution in [0.4, 0.5) is 0 Å². The van der Waals surface area contributed by atoms with Crippen molar-refractivity contribution in [2.24, 2.45) is 17.1 Å². The number of thiophene rings is 1. The quantitative estimate of drug-likeness (QED) is 0.843. The molecule has 0 saturated heterocycles. The zero-order valence-electron chi connectivity index (χ0n) is 11.1. The van der Waals surface area contributed by atoms with Crippen molar-refractivity contribution in [3.05, 3.63) is 22.4 Å². The number of nitrogens with two attached hydrogens (primary N) is 1. The third-order valence-corrected chi connectivity index (χ3v) is 4.55. The van der Waals surface area contributed by atoms with Gasteiger partial charge < -0.3 is 5.73 Å². The lowest BCUT2D eigenvalue weighted by atomic mass is 9.92. The van der Waals surface area contributed by atoms with Crippen molar-refractivity contribution >= 4 is 11.3 Å². The van der Waals surface area contributed by atoms with Crippen LogP contribution in [0.5, 0.6) is 0 Å². The molecule has 1 unspecified atom stereocenters. The van der Waals surface area contributed by atoms with E-state index < -0.39 is 0 Å². The van der Waals surface area contributed by atoms with Crippen molar-refractivity contribution in [2.45, 2.75) is 32.7 Å². The van der Waals surface area contributed by atoms with Crippen LogP contribution in [0.3, 0.4) is 0 Å². The average Bonchev–Trinajstić information content (AvgIpc) is 2.93. The molecule has 2 N–H and O–H groups in total. The molecule has 17 heavy (non-hydrogen) atoms. The van der Waals surface area contributed by atoms with E-state index in [1.165, 1.54) is 17.7 Å². The summed E-state index contributed by atoms with van der Waals surface area (Å²) in [6.45, 7) is 6.32. The first-order chi connectivity index (χ1) is 8.03. The Morgan fingerprint density at radius 1 is 1.53 bits per heavy atom. The van der Waals surface area contributed by atoms with Crippen LogP contribution in [-0.2, 0) is 0 Å². The van der Waals surface area contributed by atoms with Crippen molar-refractivity contribution in [1.29, 1.82) is 0 Å². The second-order valence-electron chi connectivity index (χ2n) is 6.08. The Hall–Kier alpha value is -0.380. The molecule has 0 spiro atoms. The third-order valence-electron chi connectivity index (χ3n) is 3.61. The van der Waals surface area contributed by atoms with Crippen LogP contribution in [0, 0.1) is 11.3 Å². The second-order valence-corrected chi connectivity index (χ2v) is 7.06. The molecule has 1 heterocycles. The van der Waals surface area contributed by atoms with Crippen LogP contribution in [0.1, 0.15) is 37.6 Å². The Morgan fingerprint density at radius 2 is 2.24 bits per heavy atom. The van der Waals surface area contributed by atoms with Gasteiger partial charge in [0.15, 0.2) is 0 Å². The Morgan fingerprint density at radius 3 is 2.71 bits per heavy atom. The summed E-state index contributed by atoms with van der Waals surface area (Å²) >= 11 is 1.89. The molecule has 1 aliphatic carbocycles. The smallest absolute Gasteiger partial charge is 0.0466 e. The van der Waals surface area contributed by atoms with Gasteiger partial charge in [-0.15, -0.1) is 11.3 Å². The maximum Gasteiger partial charge on any atom is 0.0466 e. The molecule has 0 aliphatic heterocycles. The van der Waals surface area contributed by atoms with Crippen LogP contribution in [0.15, 0.2) is 17.5 Å². The van der Waals surface area contributed by atoms with Crippen molar-refractivity contribution in [1.82, 2.24) is 4.90 Å². The second kappa shape index (κ2) is 5.09. The molecule has 2 rings (SSSR count). The van der Waals surface area contributed by atoms with Gasteiger partial charge in [-0.3, -0.25) is 4.90 Å². The van der Waals surface area contributed by atoms with Crippen molar-refractivity contribution in [3.8, 4) is 0 Å². The van der Waals surface area contributed by atoms with E-state index in [2.05, 4.69) is 43.3 Å². The monoisotopic (exact) mass is 252 g/mol. The van der Waals surface area contributed by atoms with Crippen LogP contribution >= 0.6 is 11.3 Å². The normalized spacial score (nSPS) is 18.6. The summed E-state index contributed by atoms with van der Waals surface area (Å²) in [6, 6.07) is 5.05. The average molecular weight is 252 g/mol. The first-order valence-electron chi connectivity index (χ1n) is 6.47. The van der Waals surface area contributed by atoms with Gasteiger partial charge in [-0.1, -0.05) is 19.9 Å². The molecular formula is C14H24N2S. The summed E-state index contributed by atoms with van der Waals surface area (Å²) in [7, 11) is 2.25. The van der Waals surface area contributed by atoms with Gasteiger partial charge in [0.05, 0.1) is 0 Å². The number of rotatable bonds is 6. The molecule has 1 fully saturated rings. The predicted octanol–water partition coefficient (Wildman–Crippen LogP) is 3.12. The zero-order valence-corrected chi connectivity index (χ0v) is 12.0. The van der Waals surface area contributed by atoms with Gasteiger partial charge in [-0.2, -0.15) is 0 Å². The number of hydrogen-bond donors (Lipinski definition) is 1. The van der Waals surface area contributed by atoms with Crippen LogP contribution in [0.2, 0.25) is 0 Å². The predicted molar refractivity (Wildman–Crippen MR) is 75.2 cm³/mol. The summed E-state index contributed by atoms with van der Waals surface area (Å²) in [6.07, 6.45) is 2.77. The number of hydrogen-bond acceptors (Lipinski definition) is 3. The SMILES string of the molecule is CN(CC(C)(C)CN)C(c1cccs1)C1CC1. The van der Waals surface area contributed by atoms with Gasteiger partial charge in [0.2, 0.25) is 0 Å². The Labute approximate surface area is 109 Å². The van der Waals surface area contributed by atoms with Crippen LogP contribution in [-0.4, -0.2) is 25.0 Å². The fraction of sp³-hybridized carbons (Fsp3) is 0.714.